The Morgan fingerprint density at radius 1 is 1.31 bits per heavy atom. The van der Waals surface area contributed by atoms with Crippen molar-refractivity contribution >= 4 is 45.8 Å². The van der Waals surface area contributed by atoms with Gasteiger partial charge in [0.15, 0.2) is 5.54 Å². The maximum atomic E-state index is 14.5. The Hall–Kier alpha value is -2.62. The molecule has 1 aromatic carbocycles. The number of anilines is 1. The van der Waals surface area contributed by atoms with Crippen LogP contribution in [0.4, 0.5) is 10.1 Å². The van der Waals surface area contributed by atoms with Gasteiger partial charge in [-0.15, -0.1) is 6.58 Å². The molecule has 9 heteroatoms. The van der Waals surface area contributed by atoms with Gasteiger partial charge in [-0.25, -0.2) is 4.39 Å². The van der Waals surface area contributed by atoms with Gasteiger partial charge in [0, 0.05) is 49.7 Å². The van der Waals surface area contributed by atoms with Crippen LogP contribution in [-0.2, 0) is 15.1 Å². The second-order valence-electron chi connectivity index (χ2n) is 8.26. The van der Waals surface area contributed by atoms with Crippen LogP contribution in [0.1, 0.15) is 17.0 Å². The molecular formula is C23H21FN4O2S2. The van der Waals surface area contributed by atoms with E-state index in [2.05, 4.69) is 11.6 Å². The molecule has 32 heavy (non-hydrogen) atoms. The zero-order chi connectivity index (χ0) is 22.8. The Balaban J connectivity index is 1.85. The largest absolute Gasteiger partial charge is 0.313 e. The van der Waals surface area contributed by atoms with E-state index >= 15 is 0 Å². The summed E-state index contributed by atoms with van der Waals surface area (Å²) in [7, 11) is 3.48. The van der Waals surface area contributed by atoms with Crippen molar-refractivity contribution < 1.29 is 14.0 Å². The second kappa shape index (κ2) is 7.19. The first-order valence-electron chi connectivity index (χ1n) is 10.2. The van der Waals surface area contributed by atoms with Crippen molar-refractivity contribution in [2.75, 3.05) is 32.1 Å². The molecule has 164 valence electrons. The molecule has 0 radical (unpaired) electrons. The molecule has 1 aromatic heterocycles. The van der Waals surface area contributed by atoms with Crippen LogP contribution < -0.4 is 4.90 Å². The molecule has 2 aromatic rings. The van der Waals surface area contributed by atoms with Gasteiger partial charge >= 0.3 is 0 Å². The molecule has 2 saturated heterocycles. The number of halogens is 1. The van der Waals surface area contributed by atoms with Crippen molar-refractivity contribution in [3.63, 3.8) is 0 Å². The molecule has 6 nitrogen and oxygen atoms in total. The number of carbonyl (C=O) groups is 2. The number of rotatable bonds is 3. The Kier molecular flexibility index (Phi) is 4.77. The molecule has 5 rings (SSSR count). The van der Waals surface area contributed by atoms with Gasteiger partial charge in [0.2, 0.25) is 5.91 Å². The summed E-state index contributed by atoms with van der Waals surface area (Å²) < 4.78 is 13.6. The number of fused-ring (bicyclic) bond motifs is 3. The fourth-order valence-corrected chi connectivity index (χ4v) is 7.68. The van der Waals surface area contributed by atoms with Crippen molar-refractivity contribution in [3.05, 3.63) is 72.3 Å². The SMILES string of the molecule is C=CCN1C(=O)C2(SC1=S)C(c1cccnc1)CN(C)C21C(=O)N(C)c2ccc(F)cc21. The quantitative estimate of drug-likeness (QED) is 0.510. The minimum absolute atomic E-state index is 0.242. The predicted molar refractivity (Wildman–Crippen MR) is 126 cm³/mol. The maximum Gasteiger partial charge on any atom is 0.254 e. The van der Waals surface area contributed by atoms with Crippen molar-refractivity contribution in [2.45, 2.75) is 16.2 Å². The van der Waals surface area contributed by atoms with E-state index in [-0.39, 0.29) is 18.4 Å². The van der Waals surface area contributed by atoms with E-state index in [0.29, 0.717) is 22.1 Å². The molecule has 4 heterocycles. The van der Waals surface area contributed by atoms with Crippen LogP contribution in [0.2, 0.25) is 0 Å². The first-order chi connectivity index (χ1) is 15.3. The topological polar surface area (TPSA) is 56.8 Å². The summed E-state index contributed by atoms with van der Waals surface area (Å²) >= 11 is 6.86. The first-order valence-corrected chi connectivity index (χ1v) is 11.4. The number of likely N-dealkylation sites (tertiary alicyclic amines) is 1. The summed E-state index contributed by atoms with van der Waals surface area (Å²) in [5, 5.41) is 0. The third-order valence-electron chi connectivity index (χ3n) is 6.81. The number of hydrogen-bond acceptors (Lipinski definition) is 6. The van der Waals surface area contributed by atoms with Crippen LogP contribution >= 0.6 is 24.0 Å². The Morgan fingerprint density at radius 3 is 2.78 bits per heavy atom. The maximum absolute atomic E-state index is 14.5. The highest BCUT2D eigenvalue weighted by molar-refractivity contribution is 8.25. The van der Waals surface area contributed by atoms with Crippen molar-refractivity contribution in [2.24, 2.45) is 0 Å². The number of likely N-dealkylation sites (N-methyl/N-ethyl adjacent to an activating group) is 2. The zero-order valence-corrected chi connectivity index (χ0v) is 19.3. The summed E-state index contributed by atoms with van der Waals surface area (Å²) in [5.41, 5.74) is 0.501. The standard InChI is InChI=1S/C23H21FN4O2S2/c1-4-10-28-20(30)23(32-21(28)31)17(14-6-5-9-25-12-14)13-26(2)22(23)16-11-15(24)7-8-18(16)27(3)19(22)29/h4-9,11-12,17H,1,10,13H2,2-3H3. The highest BCUT2D eigenvalue weighted by atomic mass is 32.2. The summed E-state index contributed by atoms with van der Waals surface area (Å²) in [6.45, 7) is 4.41. The summed E-state index contributed by atoms with van der Waals surface area (Å²) in [4.78, 5) is 37.5. The average molecular weight is 469 g/mol. The van der Waals surface area contributed by atoms with Gasteiger partial charge in [0.05, 0.1) is 0 Å². The number of benzene rings is 1. The molecule has 2 amide bonds. The molecular weight excluding hydrogens is 447 g/mol. The van der Waals surface area contributed by atoms with E-state index in [1.807, 2.05) is 24.1 Å². The van der Waals surface area contributed by atoms with Gasteiger partial charge in [-0.1, -0.05) is 36.1 Å². The van der Waals surface area contributed by atoms with Crippen LogP contribution in [0.5, 0.6) is 0 Å². The predicted octanol–water partition coefficient (Wildman–Crippen LogP) is 2.91. The van der Waals surface area contributed by atoms with E-state index < -0.39 is 22.0 Å². The van der Waals surface area contributed by atoms with Gasteiger partial charge in [0.25, 0.3) is 5.91 Å². The Bertz CT molecular complexity index is 1180. The number of pyridine rings is 1. The van der Waals surface area contributed by atoms with E-state index in [1.54, 1.807) is 31.6 Å². The minimum atomic E-state index is -1.42. The molecule has 0 N–H and O–H groups in total. The molecule has 3 aliphatic rings. The van der Waals surface area contributed by atoms with Crippen molar-refractivity contribution in [1.82, 2.24) is 14.8 Å². The Labute approximate surface area is 195 Å². The second-order valence-corrected chi connectivity index (χ2v) is 10.1. The first kappa shape index (κ1) is 21.2. The minimum Gasteiger partial charge on any atom is -0.313 e. The number of carbonyl (C=O) groups excluding carboxylic acids is 2. The lowest BCUT2D eigenvalue weighted by Crippen LogP contribution is -2.62. The van der Waals surface area contributed by atoms with E-state index in [1.165, 1.54) is 33.7 Å². The van der Waals surface area contributed by atoms with E-state index in [4.69, 9.17) is 12.2 Å². The van der Waals surface area contributed by atoms with Gasteiger partial charge < -0.3 is 4.90 Å². The van der Waals surface area contributed by atoms with Gasteiger partial charge in [-0.3, -0.25) is 24.4 Å². The molecule has 0 saturated carbocycles. The normalized spacial score (nSPS) is 29.6. The summed E-state index contributed by atoms with van der Waals surface area (Å²) in [5.74, 6) is -1.38. The van der Waals surface area contributed by atoms with Crippen LogP contribution in [0.25, 0.3) is 0 Å². The van der Waals surface area contributed by atoms with Crippen LogP contribution in [0, 0.1) is 5.82 Å². The molecule has 3 unspecified atom stereocenters. The molecule has 2 spiro atoms. The molecule has 2 fully saturated rings. The number of thiocarbonyl (C=S) groups is 1. The number of nitrogens with zero attached hydrogens (tertiary/aromatic N) is 4. The zero-order valence-electron chi connectivity index (χ0n) is 17.6. The molecule has 3 atom stereocenters. The lowest BCUT2D eigenvalue weighted by atomic mass is 9.72. The third-order valence-corrected chi connectivity index (χ3v) is 8.75. The van der Waals surface area contributed by atoms with Gasteiger partial charge in [-0.2, -0.15) is 0 Å². The number of aromatic nitrogens is 1. The summed E-state index contributed by atoms with van der Waals surface area (Å²) in [6, 6.07) is 8.04. The van der Waals surface area contributed by atoms with E-state index in [0.717, 1.165) is 5.56 Å². The van der Waals surface area contributed by atoms with E-state index in [9.17, 15) is 14.0 Å². The van der Waals surface area contributed by atoms with Crippen LogP contribution in [0.3, 0.4) is 0 Å². The lowest BCUT2D eigenvalue weighted by molar-refractivity contribution is -0.138. The fraction of sp³-hybridized carbons (Fsp3) is 0.304. The Morgan fingerprint density at radius 2 is 2.09 bits per heavy atom. The molecule has 3 aliphatic heterocycles. The average Bonchev–Trinajstić information content (AvgIpc) is 3.28. The fourth-order valence-electron chi connectivity index (χ4n) is 5.54. The summed E-state index contributed by atoms with van der Waals surface area (Å²) in [6.07, 6.45) is 5.01. The number of amides is 2. The monoisotopic (exact) mass is 468 g/mol. The third kappa shape index (κ3) is 2.39. The molecule has 0 bridgehead atoms. The molecule has 0 aliphatic carbocycles. The smallest absolute Gasteiger partial charge is 0.254 e. The lowest BCUT2D eigenvalue weighted by Gasteiger charge is -2.42. The van der Waals surface area contributed by atoms with Crippen molar-refractivity contribution in [3.8, 4) is 0 Å². The number of thioether (sulfide) groups is 1. The van der Waals surface area contributed by atoms with Gasteiger partial charge in [-0.05, 0) is 36.9 Å². The highest BCUT2D eigenvalue weighted by Gasteiger charge is 2.78. The van der Waals surface area contributed by atoms with Gasteiger partial charge in [0.1, 0.15) is 14.9 Å². The highest BCUT2D eigenvalue weighted by Crippen LogP contribution is 2.66. The van der Waals surface area contributed by atoms with Crippen LogP contribution in [-0.4, -0.2) is 62.9 Å². The van der Waals surface area contributed by atoms with Crippen LogP contribution in [0.15, 0.2) is 55.4 Å². The van der Waals surface area contributed by atoms with Crippen molar-refractivity contribution in [1.29, 1.82) is 0 Å². The number of hydrogen-bond donors (Lipinski definition) is 0.